The number of rotatable bonds is 2. The maximum Gasteiger partial charge on any atom is 0.416 e. The van der Waals surface area contributed by atoms with Crippen LogP contribution in [0.25, 0.3) is 5.65 Å². The molecule has 0 atom stereocenters. The zero-order valence-corrected chi connectivity index (χ0v) is 9.49. The molecule has 0 unspecified atom stereocenters. The van der Waals surface area contributed by atoms with Crippen molar-refractivity contribution in [2.24, 2.45) is 0 Å². The molecule has 0 aliphatic carbocycles. The van der Waals surface area contributed by atoms with Gasteiger partial charge < -0.3 is 9.30 Å². The molecule has 6 heteroatoms. The molecule has 0 bridgehead atoms. The molecule has 0 N–H and O–H groups in total. The topological polar surface area (TPSA) is 20.5 Å². The van der Waals surface area contributed by atoms with Crippen LogP contribution < -0.4 is 0 Å². The molecule has 0 radical (unpaired) electrons. The van der Waals surface area contributed by atoms with Gasteiger partial charge >= 0.3 is 6.18 Å². The van der Waals surface area contributed by atoms with Crippen LogP contribution in [-0.4, -0.2) is 28.4 Å². The second-order valence-electron chi connectivity index (χ2n) is 4.13. The molecule has 2 heterocycles. The number of halogens is 3. The Bertz CT molecular complexity index is 528. The molecule has 0 amide bonds. The van der Waals surface area contributed by atoms with Crippen molar-refractivity contribution in [3.05, 3.63) is 35.8 Å². The molecular formula is C11H12F3N3. The van der Waals surface area contributed by atoms with Gasteiger partial charge in [-0.15, -0.1) is 0 Å². The van der Waals surface area contributed by atoms with Crippen LogP contribution in [0.2, 0.25) is 0 Å². The molecule has 2 aromatic heterocycles. The van der Waals surface area contributed by atoms with Gasteiger partial charge in [0.2, 0.25) is 0 Å². The van der Waals surface area contributed by atoms with Crippen molar-refractivity contribution in [3.8, 4) is 0 Å². The lowest BCUT2D eigenvalue weighted by Crippen LogP contribution is -2.12. The van der Waals surface area contributed by atoms with Crippen molar-refractivity contribution in [3.63, 3.8) is 0 Å². The predicted octanol–water partition coefficient (Wildman–Crippen LogP) is 2.41. The number of pyridine rings is 1. The van der Waals surface area contributed by atoms with Crippen molar-refractivity contribution < 1.29 is 13.2 Å². The van der Waals surface area contributed by atoms with E-state index < -0.39 is 11.7 Å². The van der Waals surface area contributed by atoms with Crippen LogP contribution in [0.5, 0.6) is 0 Å². The SMILES string of the molecule is CN(C)Cc1cnc2cc(C(F)(F)F)ccn12. The van der Waals surface area contributed by atoms with Gasteiger partial charge in [-0.05, 0) is 26.2 Å². The molecule has 3 nitrogen and oxygen atoms in total. The van der Waals surface area contributed by atoms with Gasteiger partial charge in [0, 0.05) is 12.7 Å². The van der Waals surface area contributed by atoms with E-state index in [0.717, 1.165) is 17.8 Å². The van der Waals surface area contributed by atoms with Gasteiger partial charge in [-0.1, -0.05) is 0 Å². The Morgan fingerprint density at radius 1 is 1.35 bits per heavy atom. The number of imidazole rings is 1. The molecule has 2 aromatic rings. The first kappa shape index (κ1) is 11.9. The van der Waals surface area contributed by atoms with Crippen LogP contribution in [0.1, 0.15) is 11.3 Å². The summed E-state index contributed by atoms with van der Waals surface area (Å²) in [7, 11) is 3.78. The van der Waals surface area contributed by atoms with Crippen molar-refractivity contribution in [1.29, 1.82) is 0 Å². The van der Waals surface area contributed by atoms with Gasteiger partial charge in [0.15, 0.2) is 0 Å². The van der Waals surface area contributed by atoms with Crippen LogP contribution in [0.15, 0.2) is 24.5 Å². The maximum atomic E-state index is 12.5. The molecule has 0 aromatic carbocycles. The third-order valence-electron chi connectivity index (χ3n) is 2.40. The van der Waals surface area contributed by atoms with E-state index in [4.69, 9.17) is 0 Å². The minimum atomic E-state index is -4.32. The Balaban J connectivity index is 2.45. The quantitative estimate of drug-likeness (QED) is 0.807. The van der Waals surface area contributed by atoms with Gasteiger partial charge in [0.1, 0.15) is 5.65 Å². The highest BCUT2D eigenvalue weighted by atomic mass is 19.4. The average molecular weight is 243 g/mol. The smallest absolute Gasteiger partial charge is 0.304 e. The number of aromatic nitrogens is 2. The van der Waals surface area contributed by atoms with Gasteiger partial charge in [-0.3, -0.25) is 0 Å². The zero-order valence-electron chi connectivity index (χ0n) is 9.49. The first-order valence-electron chi connectivity index (χ1n) is 5.06. The van der Waals surface area contributed by atoms with Crippen molar-refractivity contribution in [2.45, 2.75) is 12.7 Å². The molecule has 0 fully saturated rings. The van der Waals surface area contributed by atoms with Gasteiger partial charge in [-0.2, -0.15) is 13.2 Å². The van der Waals surface area contributed by atoms with Crippen LogP contribution >= 0.6 is 0 Å². The Morgan fingerprint density at radius 2 is 2.06 bits per heavy atom. The van der Waals surface area contributed by atoms with E-state index in [-0.39, 0.29) is 0 Å². The molecular weight excluding hydrogens is 231 g/mol. The van der Waals surface area contributed by atoms with Gasteiger partial charge in [0.05, 0.1) is 17.5 Å². The first-order valence-corrected chi connectivity index (χ1v) is 5.06. The lowest BCUT2D eigenvalue weighted by molar-refractivity contribution is -0.137. The summed E-state index contributed by atoms with van der Waals surface area (Å²) in [5.74, 6) is 0. The number of alkyl halides is 3. The summed E-state index contributed by atoms with van der Waals surface area (Å²) < 4.78 is 39.1. The molecule has 0 spiro atoms. The zero-order chi connectivity index (χ0) is 12.6. The van der Waals surface area contributed by atoms with Crippen LogP contribution in [0.4, 0.5) is 13.2 Å². The predicted molar refractivity (Wildman–Crippen MR) is 57.6 cm³/mol. The van der Waals surface area contributed by atoms with E-state index in [2.05, 4.69) is 4.98 Å². The third-order valence-corrected chi connectivity index (χ3v) is 2.40. The Hall–Kier alpha value is -1.56. The fourth-order valence-corrected chi connectivity index (χ4v) is 1.65. The summed E-state index contributed by atoms with van der Waals surface area (Å²) in [6.07, 6.45) is -1.32. The highest BCUT2D eigenvalue weighted by Gasteiger charge is 2.30. The summed E-state index contributed by atoms with van der Waals surface area (Å²) in [6, 6.07) is 2.12. The summed E-state index contributed by atoms with van der Waals surface area (Å²) in [5.41, 5.74) is 0.502. The van der Waals surface area contributed by atoms with Crippen LogP contribution in [0.3, 0.4) is 0 Å². The number of hydrogen-bond acceptors (Lipinski definition) is 2. The molecule has 0 aliphatic heterocycles. The fraction of sp³-hybridized carbons (Fsp3) is 0.364. The number of fused-ring (bicyclic) bond motifs is 1. The maximum absolute atomic E-state index is 12.5. The van der Waals surface area contributed by atoms with Crippen molar-refractivity contribution in [1.82, 2.24) is 14.3 Å². The molecule has 17 heavy (non-hydrogen) atoms. The summed E-state index contributed by atoms with van der Waals surface area (Å²) in [4.78, 5) is 5.91. The Labute approximate surface area is 96.5 Å². The third kappa shape index (κ3) is 2.41. The van der Waals surface area contributed by atoms with E-state index in [1.165, 1.54) is 6.20 Å². The van der Waals surface area contributed by atoms with Gasteiger partial charge in [0.25, 0.3) is 0 Å². The monoisotopic (exact) mass is 243 g/mol. The lowest BCUT2D eigenvalue weighted by Gasteiger charge is -2.10. The summed E-state index contributed by atoms with van der Waals surface area (Å²) in [6.45, 7) is 0.631. The molecule has 0 saturated carbocycles. The van der Waals surface area contributed by atoms with Crippen molar-refractivity contribution in [2.75, 3.05) is 14.1 Å². The second-order valence-corrected chi connectivity index (χ2v) is 4.13. The van der Waals surface area contributed by atoms with Gasteiger partial charge in [-0.25, -0.2) is 4.98 Å². The highest BCUT2D eigenvalue weighted by molar-refractivity contribution is 5.44. The normalized spacial score (nSPS) is 12.6. The molecule has 92 valence electrons. The van der Waals surface area contributed by atoms with Crippen LogP contribution in [0, 0.1) is 0 Å². The summed E-state index contributed by atoms with van der Waals surface area (Å²) >= 11 is 0. The molecule has 0 saturated heterocycles. The number of nitrogens with zero attached hydrogens (tertiary/aromatic N) is 3. The first-order chi connectivity index (χ1) is 7.88. The van der Waals surface area contributed by atoms with Crippen LogP contribution in [-0.2, 0) is 12.7 Å². The Morgan fingerprint density at radius 3 is 2.65 bits per heavy atom. The van der Waals surface area contributed by atoms with E-state index >= 15 is 0 Å². The van der Waals surface area contributed by atoms with E-state index in [9.17, 15) is 13.2 Å². The second kappa shape index (κ2) is 4.03. The molecule has 2 rings (SSSR count). The number of hydrogen-bond donors (Lipinski definition) is 0. The van der Waals surface area contributed by atoms with E-state index in [1.54, 1.807) is 10.6 Å². The Kier molecular flexibility index (Phi) is 2.82. The minimum absolute atomic E-state index is 0.316. The van der Waals surface area contributed by atoms with E-state index in [0.29, 0.717) is 12.2 Å². The largest absolute Gasteiger partial charge is 0.416 e. The fourth-order valence-electron chi connectivity index (χ4n) is 1.65. The highest BCUT2D eigenvalue weighted by Crippen LogP contribution is 2.29. The minimum Gasteiger partial charge on any atom is -0.304 e. The lowest BCUT2D eigenvalue weighted by atomic mass is 10.2. The van der Waals surface area contributed by atoms with Crippen molar-refractivity contribution >= 4 is 5.65 Å². The average Bonchev–Trinajstić information content (AvgIpc) is 2.59. The van der Waals surface area contributed by atoms with E-state index in [1.807, 2.05) is 19.0 Å². The molecule has 0 aliphatic rings. The summed E-state index contributed by atoms with van der Waals surface area (Å²) in [5, 5.41) is 0. The standard InChI is InChI=1S/C11H12F3N3/c1-16(2)7-9-6-15-10-5-8(11(12,13)14)3-4-17(9)10/h3-6H,7H2,1-2H3.